The van der Waals surface area contributed by atoms with E-state index in [1.807, 2.05) is 32.0 Å². The van der Waals surface area contributed by atoms with E-state index in [1.54, 1.807) is 0 Å². The molecule has 0 spiro atoms. The van der Waals surface area contributed by atoms with E-state index < -0.39 is 11.5 Å². The quantitative estimate of drug-likeness (QED) is 0.908. The van der Waals surface area contributed by atoms with E-state index in [0.717, 1.165) is 31.7 Å². The van der Waals surface area contributed by atoms with Gasteiger partial charge in [0, 0.05) is 32.6 Å². The number of likely N-dealkylation sites (N-methyl/N-ethyl adjacent to an activating group) is 1. The highest BCUT2D eigenvalue weighted by Crippen LogP contribution is 2.23. The Balaban J connectivity index is 2.19. The third-order valence-electron chi connectivity index (χ3n) is 4.29. The van der Waals surface area contributed by atoms with Crippen LogP contribution in [0.1, 0.15) is 18.1 Å². The van der Waals surface area contributed by atoms with Gasteiger partial charge < -0.3 is 10.0 Å². The van der Waals surface area contributed by atoms with E-state index >= 15 is 0 Å². The van der Waals surface area contributed by atoms with Gasteiger partial charge in [-0.25, -0.2) is 0 Å². The Morgan fingerprint density at radius 3 is 2.50 bits per heavy atom. The summed E-state index contributed by atoms with van der Waals surface area (Å²) in [6.45, 7) is 7.37. The Bertz CT molecular complexity index is 481. The SMILES string of the molecule is Cc1cccc(CC(C)(C(=O)O)N2CCN(C)CC2)c1. The molecular weight excluding hydrogens is 252 g/mol. The van der Waals surface area contributed by atoms with Crippen molar-refractivity contribution in [3.8, 4) is 0 Å². The van der Waals surface area contributed by atoms with Gasteiger partial charge in [0.15, 0.2) is 0 Å². The molecule has 4 heteroatoms. The van der Waals surface area contributed by atoms with Crippen molar-refractivity contribution in [2.24, 2.45) is 0 Å². The van der Waals surface area contributed by atoms with Crippen LogP contribution in [0.2, 0.25) is 0 Å². The number of piperazine rings is 1. The van der Waals surface area contributed by atoms with Crippen molar-refractivity contribution in [1.29, 1.82) is 0 Å². The molecule has 0 bridgehead atoms. The largest absolute Gasteiger partial charge is 0.480 e. The fourth-order valence-corrected chi connectivity index (χ4v) is 2.84. The monoisotopic (exact) mass is 276 g/mol. The Hall–Kier alpha value is -1.39. The predicted molar refractivity (Wildman–Crippen MR) is 80.0 cm³/mol. The highest BCUT2D eigenvalue weighted by atomic mass is 16.4. The lowest BCUT2D eigenvalue weighted by atomic mass is 9.89. The van der Waals surface area contributed by atoms with Crippen LogP contribution in [0.5, 0.6) is 0 Å². The molecule has 1 aliphatic rings. The number of aryl methyl sites for hydroxylation is 1. The minimum Gasteiger partial charge on any atom is -0.480 e. The molecule has 0 saturated carbocycles. The first-order chi connectivity index (χ1) is 9.41. The maximum absolute atomic E-state index is 11.8. The number of rotatable bonds is 4. The number of hydrogen-bond acceptors (Lipinski definition) is 3. The van der Waals surface area contributed by atoms with Gasteiger partial charge in [0.05, 0.1) is 0 Å². The lowest BCUT2D eigenvalue weighted by Crippen LogP contribution is -2.59. The topological polar surface area (TPSA) is 43.8 Å². The molecule has 1 saturated heterocycles. The van der Waals surface area contributed by atoms with Gasteiger partial charge in [-0.3, -0.25) is 9.69 Å². The second-order valence-corrected chi connectivity index (χ2v) is 6.04. The van der Waals surface area contributed by atoms with Crippen LogP contribution >= 0.6 is 0 Å². The predicted octanol–water partition coefficient (Wildman–Crippen LogP) is 1.63. The van der Waals surface area contributed by atoms with Gasteiger partial charge in [0.25, 0.3) is 0 Å². The molecule has 1 aliphatic heterocycles. The van der Waals surface area contributed by atoms with Crippen LogP contribution in [0, 0.1) is 6.92 Å². The molecule has 4 nitrogen and oxygen atoms in total. The van der Waals surface area contributed by atoms with Gasteiger partial charge in [0.2, 0.25) is 0 Å². The Morgan fingerprint density at radius 2 is 1.95 bits per heavy atom. The number of carboxylic acids is 1. The first kappa shape index (κ1) is 15.0. The fraction of sp³-hybridized carbons (Fsp3) is 0.562. The number of carboxylic acid groups (broad SMARTS) is 1. The van der Waals surface area contributed by atoms with Crippen molar-refractivity contribution in [3.63, 3.8) is 0 Å². The number of carbonyl (C=O) groups is 1. The molecule has 20 heavy (non-hydrogen) atoms. The van der Waals surface area contributed by atoms with E-state index in [2.05, 4.69) is 22.9 Å². The molecule has 1 aromatic rings. The van der Waals surface area contributed by atoms with Gasteiger partial charge in [-0.15, -0.1) is 0 Å². The summed E-state index contributed by atoms with van der Waals surface area (Å²) in [5.74, 6) is -0.733. The summed E-state index contributed by atoms with van der Waals surface area (Å²) in [5, 5.41) is 9.73. The maximum Gasteiger partial charge on any atom is 0.324 e. The second-order valence-electron chi connectivity index (χ2n) is 6.04. The van der Waals surface area contributed by atoms with Crippen LogP contribution in [0.15, 0.2) is 24.3 Å². The summed E-state index contributed by atoms with van der Waals surface area (Å²) in [6.07, 6.45) is 0.549. The van der Waals surface area contributed by atoms with Crippen molar-refractivity contribution < 1.29 is 9.90 Å². The maximum atomic E-state index is 11.8. The molecule has 0 aromatic heterocycles. The van der Waals surface area contributed by atoms with Gasteiger partial charge >= 0.3 is 5.97 Å². The van der Waals surface area contributed by atoms with Gasteiger partial charge in [-0.2, -0.15) is 0 Å². The number of benzene rings is 1. The van der Waals surface area contributed by atoms with E-state index in [4.69, 9.17) is 0 Å². The standard InChI is InChI=1S/C16H24N2O2/c1-13-5-4-6-14(11-13)12-16(2,15(19)20)18-9-7-17(3)8-10-18/h4-6,11H,7-10,12H2,1-3H3,(H,19,20). The van der Waals surface area contributed by atoms with Gasteiger partial charge in [-0.1, -0.05) is 29.8 Å². The second kappa shape index (κ2) is 5.94. The third kappa shape index (κ3) is 3.19. The van der Waals surface area contributed by atoms with Crippen molar-refractivity contribution >= 4 is 5.97 Å². The summed E-state index contributed by atoms with van der Waals surface area (Å²) in [5.41, 5.74) is 1.44. The average molecular weight is 276 g/mol. The van der Waals surface area contributed by atoms with Crippen molar-refractivity contribution in [3.05, 3.63) is 35.4 Å². The molecule has 1 fully saturated rings. The van der Waals surface area contributed by atoms with Crippen LogP contribution < -0.4 is 0 Å². The Kier molecular flexibility index (Phi) is 4.45. The molecule has 0 amide bonds. The van der Waals surface area contributed by atoms with Crippen LogP contribution in [0.25, 0.3) is 0 Å². The minimum atomic E-state index is -0.824. The van der Waals surface area contributed by atoms with Crippen molar-refractivity contribution in [2.45, 2.75) is 25.8 Å². The minimum absolute atomic E-state index is 0.549. The zero-order valence-corrected chi connectivity index (χ0v) is 12.6. The molecule has 1 N–H and O–H groups in total. The molecule has 1 aromatic carbocycles. The van der Waals surface area contributed by atoms with Gasteiger partial charge in [0.1, 0.15) is 5.54 Å². The molecule has 1 atom stereocenters. The summed E-state index contributed by atoms with van der Waals surface area (Å²) < 4.78 is 0. The fourth-order valence-electron chi connectivity index (χ4n) is 2.84. The van der Waals surface area contributed by atoms with Crippen LogP contribution in [0.3, 0.4) is 0 Å². The Morgan fingerprint density at radius 1 is 1.30 bits per heavy atom. The Labute approximate surface area is 121 Å². The van der Waals surface area contributed by atoms with Crippen molar-refractivity contribution in [2.75, 3.05) is 33.2 Å². The zero-order valence-electron chi connectivity index (χ0n) is 12.6. The summed E-state index contributed by atoms with van der Waals surface area (Å²) in [7, 11) is 2.08. The molecule has 110 valence electrons. The molecule has 1 heterocycles. The first-order valence-electron chi connectivity index (χ1n) is 7.14. The van der Waals surface area contributed by atoms with Gasteiger partial charge in [-0.05, 0) is 26.5 Å². The number of nitrogens with zero attached hydrogens (tertiary/aromatic N) is 2. The normalized spacial score (nSPS) is 20.6. The van der Waals surface area contributed by atoms with E-state index in [1.165, 1.54) is 5.56 Å². The summed E-state index contributed by atoms with van der Waals surface area (Å²) in [4.78, 5) is 16.2. The summed E-state index contributed by atoms with van der Waals surface area (Å²) >= 11 is 0. The zero-order chi connectivity index (χ0) is 14.8. The highest BCUT2D eigenvalue weighted by Gasteiger charge is 2.40. The third-order valence-corrected chi connectivity index (χ3v) is 4.29. The smallest absolute Gasteiger partial charge is 0.324 e. The first-order valence-corrected chi connectivity index (χ1v) is 7.14. The van der Waals surface area contributed by atoms with Crippen LogP contribution in [-0.2, 0) is 11.2 Å². The van der Waals surface area contributed by atoms with Crippen LogP contribution in [0.4, 0.5) is 0 Å². The highest BCUT2D eigenvalue weighted by molar-refractivity contribution is 5.78. The van der Waals surface area contributed by atoms with E-state index in [9.17, 15) is 9.90 Å². The lowest BCUT2D eigenvalue weighted by Gasteiger charge is -2.42. The van der Waals surface area contributed by atoms with Crippen LogP contribution in [-0.4, -0.2) is 59.6 Å². The van der Waals surface area contributed by atoms with E-state index in [-0.39, 0.29) is 0 Å². The lowest BCUT2D eigenvalue weighted by molar-refractivity contribution is -0.151. The molecule has 0 aliphatic carbocycles. The summed E-state index contributed by atoms with van der Waals surface area (Å²) in [6, 6.07) is 8.13. The number of hydrogen-bond donors (Lipinski definition) is 1. The molecule has 0 radical (unpaired) electrons. The van der Waals surface area contributed by atoms with E-state index in [0.29, 0.717) is 6.42 Å². The molecular formula is C16H24N2O2. The average Bonchev–Trinajstić information content (AvgIpc) is 2.39. The molecule has 2 rings (SSSR count). The molecule has 1 unspecified atom stereocenters. The number of aliphatic carboxylic acids is 1. The van der Waals surface area contributed by atoms with Crippen molar-refractivity contribution in [1.82, 2.24) is 9.80 Å².